The van der Waals surface area contributed by atoms with Gasteiger partial charge >= 0.3 is 0 Å². The molecule has 0 spiro atoms. The largest absolute Gasteiger partial charge is 0.397 e. The standard InChI is InChI=1S/C21H28BFN4OS/c1-2-15(23)13-19-18(24)4-6-21(28)27(19)12-11-26-9-7-16(8-10-26)25-14-17-3-5-20(22)29-17/h2-6,13,16,25H,1,7-12,14,22,24H2/b15-13+. The van der Waals surface area contributed by atoms with E-state index in [1.165, 1.54) is 27.9 Å². The Balaban J connectivity index is 1.53. The first-order valence-corrected chi connectivity index (χ1v) is 10.8. The van der Waals surface area contributed by atoms with E-state index in [2.05, 4.69) is 36.8 Å². The predicted molar refractivity (Wildman–Crippen MR) is 123 cm³/mol. The number of hydrogen-bond acceptors (Lipinski definition) is 5. The Bertz CT molecular complexity index is 931. The monoisotopic (exact) mass is 414 g/mol. The van der Waals surface area contributed by atoms with Gasteiger partial charge < -0.3 is 20.5 Å². The zero-order valence-corrected chi connectivity index (χ0v) is 17.7. The number of nitrogens with zero attached hydrogens (tertiary/aromatic N) is 2. The van der Waals surface area contributed by atoms with Crippen LogP contribution in [0.5, 0.6) is 0 Å². The van der Waals surface area contributed by atoms with Crippen molar-refractivity contribution < 1.29 is 4.39 Å². The number of halogens is 1. The highest BCUT2D eigenvalue weighted by molar-refractivity contribution is 7.20. The van der Waals surface area contributed by atoms with Gasteiger partial charge in [-0.2, -0.15) is 11.3 Å². The minimum absolute atomic E-state index is 0.176. The SMILES string of the molecule is Bc1ccc(CNC2CCN(CCn3c(/C=C(/F)C=C)c(N)ccc3=O)CC2)s1. The topological polar surface area (TPSA) is 63.3 Å². The van der Waals surface area contributed by atoms with E-state index in [0.29, 0.717) is 24.0 Å². The van der Waals surface area contributed by atoms with E-state index in [1.807, 2.05) is 11.3 Å². The van der Waals surface area contributed by atoms with E-state index in [-0.39, 0.29) is 5.56 Å². The molecule has 154 valence electrons. The van der Waals surface area contributed by atoms with Gasteiger partial charge in [-0.1, -0.05) is 12.6 Å². The highest BCUT2D eigenvalue weighted by atomic mass is 32.1. The Hall–Kier alpha value is -2.16. The van der Waals surface area contributed by atoms with E-state index in [9.17, 15) is 9.18 Å². The van der Waals surface area contributed by atoms with Crippen LogP contribution in [0.1, 0.15) is 23.4 Å². The fraction of sp³-hybridized carbons (Fsp3) is 0.381. The summed E-state index contributed by atoms with van der Waals surface area (Å²) in [6.07, 6.45) is 4.53. The maximum absolute atomic E-state index is 13.7. The summed E-state index contributed by atoms with van der Waals surface area (Å²) in [6.45, 7) is 7.50. The Morgan fingerprint density at radius 3 is 2.72 bits per heavy atom. The van der Waals surface area contributed by atoms with Crippen molar-refractivity contribution in [2.75, 3.05) is 25.4 Å². The maximum atomic E-state index is 13.7. The Kier molecular flexibility index (Phi) is 7.47. The average molecular weight is 414 g/mol. The number of aromatic nitrogens is 1. The lowest BCUT2D eigenvalue weighted by molar-refractivity contribution is 0.190. The number of likely N-dealkylation sites (tertiary alicyclic amines) is 1. The number of thiophene rings is 1. The number of nitrogen functional groups attached to an aromatic ring is 1. The molecule has 2 aromatic rings. The van der Waals surface area contributed by atoms with Crippen molar-refractivity contribution >= 4 is 35.7 Å². The Labute approximate surface area is 176 Å². The molecule has 1 aliphatic rings. The summed E-state index contributed by atoms with van der Waals surface area (Å²) in [5.74, 6) is -0.510. The normalized spacial score (nSPS) is 16.2. The van der Waals surface area contributed by atoms with Gasteiger partial charge in [0.25, 0.3) is 5.56 Å². The van der Waals surface area contributed by atoms with Crippen LogP contribution >= 0.6 is 11.3 Å². The van der Waals surface area contributed by atoms with Gasteiger partial charge in [0.15, 0.2) is 7.85 Å². The Morgan fingerprint density at radius 2 is 2.07 bits per heavy atom. The number of rotatable bonds is 8. The lowest BCUT2D eigenvalue weighted by Crippen LogP contribution is -2.43. The van der Waals surface area contributed by atoms with E-state index < -0.39 is 5.83 Å². The van der Waals surface area contributed by atoms with Crippen LogP contribution in [0.25, 0.3) is 6.08 Å². The van der Waals surface area contributed by atoms with Crippen LogP contribution in [0.2, 0.25) is 0 Å². The van der Waals surface area contributed by atoms with Crippen molar-refractivity contribution in [2.24, 2.45) is 0 Å². The van der Waals surface area contributed by atoms with Crippen LogP contribution in [-0.4, -0.2) is 43.0 Å². The summed E-state index contributed by atoms with van der Waals surface area (Å²) in [5.41, 5.74) is 6.58. The number of hydrogen-bond donors (Lipinski definition) is 2. The first-order valence-electron chi connectivity index (χ1n) is 9.96. The smallest absolute Gasteiger partial charge is 0.251 e. The molecule has 3 N–H and O–H groups in total. The predicted octanol–water partition coefficient (Wildman–Crippen LogP) is 1.50. The number of nitrogens with two attached hydrogens (primary N) is 1. The van der Waals surface area contributed by atoms with Gasteiger partial charge in [-0.15, -0.1) is 0 Å². The lowest BCUT2D eigenvalue weighted by Gasteiger charge is -2.32. The third-order valence-corrected chi connectivity index (χ3v) is 6.32. The second-order valence-electron chi connectivity index (χ2n) is 7.41. The first kappa shape index (κ1) is 21.6. The zero-order chi connectivity index (χ0) is 20.8. The van der Waals surface area contributed by atoms with Crippen LogP contribution in [0.4, 0.5) is 10.1 Å². The quantitative estimate of drug-likeness (QED) is 0.508. The number of allylic oxidation sites excluding steroid dienone is 2. The minimum atomic E-state index is -0.510. The number of piperidine rings is 1. The molecule has 8 heteroatoms. The van der Waals surface area contributed by atoms with Gasteiger partial charge in [-0.25, -0.2) is 4.39 Å². The summed E-state index contributed by atoms with van der Waals surface area (Å²) >= 11 is 1.84. The third kappa shape index (κ3) is 5.91. The molecule has 2 aromatic heterocycles. The molecule has 1 aliphatic heterocycles. The zero-order valence-electron chi connectivity index (χ0n) is 16.9. The van der Waals surface area contributed by atoms with Gasteiger partial charge in [-0.3, -0.25) is 4.79 Å². The molecule has 0 aromatic carbocycles. The molecule has 3 heterocycles. The van der Waals surface area contributed by atoms with Crippen molar-refractivity contribution in [2.45, 2.75) is 32.0 Å². The summed E-state index contributed by atoms with van der Waals surface area (Å²) in [6, 6.07) is 7.82. The van der Waals surface area contributed by atoms with E-state index in [0.717, 1.165) is 45.1 Å². The molecule has 0 unspecified atom stereocenters. The molecule has 1 saturated heterocycles. The van der Waals surface area contributed by atoms with E-state index in [4.69, 9.17) is 5.73 Å². The molecule has 0 radical (unpaired) electrons. The third-order valence-electron chi connectivity index (χ3n) is 5.32. The average Bonchev–Trinajstić information content (AvgIpc) is 3.14. The number of pyridine rings is 1. The molecule has 5 nitrogen and oxygen atoms in total. The molecule has 29 heavy (non-hydrogen) atoms. The highest BCUT2D eigenvalue weighted by Gasteiger charge is 2.19. The highest BCUT2D eigenvalue weighted by Crippen LogP contribution is 2.16. The summed E-state index contributed by atoms with van der Waals surface area (Å²) in [4.78, 5) is 16.0. The van der Waals surface area contributed by atoms with Crippen molar-refractivity contribution in [1.82, 2.24) is 14.8 Å². The van der Waals surface area contributed by atoms with Gasteiger partial charge in [0.05, 0.1) is 11.4 Å². The fourth-order valence-corrected chi connectivity index (χ4v) is 4.46. The fourth-order valence-electron chi connectivity index (χ4n) is 3.62. The minimum Gasteiger partial charge on any atom is -0.397 e. The maximum Gasteiger partial charge on any atom is 0.251 e. The van der Waals surface area contributed by atoms with Gasteiger partial charge in [-0.05, 0) is 55.0 Å². The molecule has 0 amide bonds. The van der Waals surface area contributed by atoms with Crippen molar-refractivity contribution in [1.29, 1.82) is 0 Å². The number of nitrogens with one attached hydrogen (secondary N) is 1. The van der Waals surface area contributed by atoms with Crippen molar-refractivity contribution in [3.05, 3.63) is 63.7 Å². The van der Waals surface area contributed by atoms with Gasteiger partial charge in [0.1, 0.15) is 5.83 Å². The molecule has 0 atom stereocenters. The van der Waals surface area contributed by atoms with Crippen molar-refractivity contribution in [3.8, 4) is 0 Å². The number of anilines is 1. The summed E-state index contributed by atoms with van der Waals surface area (Å²) < 4.78 is 16.6. The van der Waals surface area contributed by atoms with Gasteiger partial charge in [0.2, 0.25) is 0 Å². The summed E-state index contributed by atoms with van der Waals surface area (Å²) in [5, 5.41) is 3.65. The molecule has 1 fully saturated rings. The van der Waals surface area contributed by atoms with Crippen LogP contribution in [0, 0.1) is 0 Å². The second kappa shape index (κ2) is 10.0. The van der Waals surface area contributed by atoms with Crippen LogP contribution in [0.3, 0.4) is 0 Å². The molecule has 0 saturated carbocycles. The first-order chi connectivity index (χ1) is 14.0. The molecule has 0 bridgehead atoms. The molecular formula is C21H28BFN4OS. The lowest BCUT2D eigenvalue weighted by atomic mass is 10.0. The second-order valence-corrected chi connectivity index (χ2v) is 8.78. The van der Waals surface area contributed by atoms with Gasteiger partial charge in [0, 0.05) is 36.6 Å². The van der Waals surface area contributed by atoms with Crippen LogP contribution < -0.4 is 21.4 Å². The molecule has 0 aliphatic carbocycles. The van der Waals surface area contributed by atoms with Crippen LogP contribution in [0.15, 0.2) is 47.5 Å². The summed E-state index contributed by atoms with van der Waals surface area (Å²) in [7, 11) is 2.13. The van der Waals surface area contributed by atoms with E-state index in [1.54, 1.807) is 4.57 Å². The van der Waals surface area contributed by atoms with E-state index >= 15 is 0 Å². The van der Waals surface area contributed by atoms with Crippen molar-refractivity contribution in [3.63, 3.8) is 0 Å². The Morgan fingerprint density at radius 1 is 1.31 bits per heavy atom. The molecular weight excluding hydrogens is 386 g/mol. The molecule has 3 rings (SSSR count). The van der Waals surface area contributed by atoms with Crippen LogP contribution in [-0.2, 0) is 13.1 Å².